The molecule has 0 spiro atoms. The van der Waals surface area contributed by atoms with E-state index in [0.717, 1.165) is 0 Å². The molecule has 1 aliphatic carbocycles. The summed E-state index contributed by atoms with van der Waals surface area (Å²) in [6, 6.07) is 16.3. The summed E-state index contributed by atoms with van der Waals surface area (Å²) in [6.07, 6.45) is 5.41. The van der Waals surface area contributed by atoms with E-state index >= 15 is 0 Å². The van der Waals surface area contributed by atoms with Crippen LogP contribution in [0, 0.1) is 18.3 Å². The van der Waals surface area contributed by atoms with E-state index in [1.807, 2.05) is 0 Å². The number of alkyl halides is 2. The molecule has 0 bridgehead atoms. The van der Waals surface area contributed by atoms with Gasteiger partial charge < -0.3 is 10.6 Å². The maximum atomic E-state index is 13.0. The van der Waals surface area contributed by atoms with Gasteiger partial charge in [-0.1, -0.05) is 46.8 Å². The van der Waals surface area contributed by atoms with Crippen LogP contribution >= 0.6 is 58.0 Å². The number of terminal acetylenes is 1. The molecule has 34 heavy (non-hydrogen) atoms. The van der Waals surface area contributed by atoms with Crippen molar-refractivity contribution in [2.24, 2.45) is 5.92 Å². The molecule has 4 nitrogen and oxygen atoms in total. The average Bonchev–Trinajstić information content (AvgIpc) is 3.36. The molecule has 1 saturated carbocycles. The number of hydrogen-bond acceptors (Lipinski definition) is 2. The van der Waals surface area contributed by atoms with Crippen LogP contribution in [0.5, 0.6) is 0 Å². The van der Waals surface area contributed by atoms with Crippen molar-refractivity contribution in [2.75, 3.05) is 10.6 Å². The molecule has 0 radical (unpaired) electrons. The van der Waals surface area contributed by atoms with Gasteiger partial charge in [-0.05, 0) is 60.2 Å². The summed E-state index contributed by atoms with van der Waals surface area (Å²) in [5, 5.41) is 6.54. The van der Waals surface area contributed by atoms with Crippen molar-refractivity contribution >= 4 is 81.2 Å². The summed E-state index contributed by atoms with van der Waals surface area (Å²) >= 11 is 31.2. The van der Waals surface area contributed by atoms with Crippen molar-refractivity contribution < 1.29 is 9.59 Å². The van der Waals surface area contributed by atoms with Crippen molar-refractivity contribution in [1.82, 2.24) is 0 Å². The van der Waals surface area contributed by atoms with Crippen molar-refractivity contribution in [2.45, 2.75) is 10.3 Å². The molecule has 3 aromatic rings. The van der Waals surface area contributed by atoms with Crippen LogP contribution in [0.15, 0.2) is 60.7 Å². The largest absolute Gasteiger partial charge is 0.326 e. The maximum absolute atomic E-state index is 13.0. The van der Waals surface area contributed by atoms with Crippen molar-refractivity contribution in [3.63, 3.8) is 0 Å². The number of carbonyl (C=O) groups excluding carboxylic acids is 2. The zero-order valence-corrected chi connectivity index (χ0v) is 21.0. The second-order valence-electron chi connectivity index (χ2n) is 7.70. The predicted octanol–water partition coefficient (Wildman–Crippen LogP) is 7.41. The Morgan fingerprint density at radius 3 is 2.24 bits per heavy atom. The summed E-state index contributed by atoms with van der Waals surface area (Å²) in [5.41, 5.74) is 2.32. The van der Waals surface area contributed by atoms with Crippen molar-refractivity contribution in [1.29, 1.82) is 0 Å². The van der Waals surface area contributed by atoms with Crippen LogP contribution in [0.3, 0.4) is 0 Å². The highest BCUT2D eigenvalue weighted by molar-refractivity contribution is 6.53. The monoisotopic (exact) mass is 550 g/mol. The standard InChI is InChI=1S/C25H15Cl5N2O2/c1-2-13-4-3-5-17(8-13)31-23(33)19-12-18(6-7-20(19)28)32-24(34)22-21(25(22,29)30)14-9-15(26)11-16(27)10-14/h1,3-12,21-22H,(H,31,33)(H,32,34). The predicted molar refractivity (Wildman–Crippen MR) is 140 cm³/mol. The number of halogens is 5. The van der Waals surface area contributed by atoms with Crippen molar-refractivity contribution in [3.8, 4) is 12.3 Å². The molecule has 172 valence electrons. The van der Waals surface area contributed by atoms with Crippen LogP contribution in [0.4, 0.5) is 11.4 Å². The van der Waals surface area contributed by atoms with Crippen molar-refractivity contribution in [3.05, 3.63) is 92.4 Å². The molecular weight excluding hydrogens is 538 g/mol. The molecule has 2 atom stereocenters. The SMILES string of the molecule is C#Cc1cccc(NC(=O)c2cc(NC(=O)C3C(c4cc(Cl)cc(Cl)c4)C3(Cl)Cl)ccc2Cl)c1. The summed E-state index contributed by atoms with van der Waals surface area (Å²) in [6.45, 7) is 0. The normalized spacial score (nSPS) is 18.0. The highest BCUT2D eigenvalue weighted by atomic mass is 35.5. The van der Waals surface area contributed by atoms with Gasteiger partial charge in [-0.25, -0.2) is 0 Å². The molecule has 4 rings (SSSR count). The quantitative estimate of drug-likeness (QED) is 0.256. The fourth-order valence-electron chi connectivity index (χ4n) is 3.70. The first-order chi connectivity index (χ1) is 16.1. The summed E-state index contributed by atoms with van der Waals surface area (Å²) in [4.78, 5) is 25.8. The number of hydrogen-bond donors (Lipinski definition) is 2. The number of rotatable bonds is 5. The van der Waals surface area contributed by atoms with Gasteiger partial charge in [0.2, 0.25) is 5.91 Å². The molecule has 3 aromatic carbocycles. The van der Waals surface area contributed by atoms with Crippen LogP contribution in [-0.4, -0.2) is 16.1 Å². The maximum Gasteiger partial charge on any atom is 0.257 e. The van der Waals surface area contributed by atoms with E-state index in [1.54, 1.807) is 48.5 Å². The number of carbonyl (C=O) groups is 2. The van der Waals surface area contributed by atoms with Crippen LogP contribution in [0.25, 0.3) is 0 Å². The lowest BCUT2D eigenvalue weighted by atomic mass is 10.1. The molecule has 2 N–H and O–H groups in total. The zero-order chi connectivity index (χ0) is 24.6. The van der Waals surface area contributed by atoms with Crippen LogP contribution < -0.4 is 10.6 Å². The van der Waals surface area contributed by atoms with E-state index in [9.17, 15) is 9.59 Å². The highest BCUT2D eigenvalue weighted by Crippen LogP contribution is 2.65. The smallest absolute Gasteiger partial charge is 0.257 e. The average molecular weight is 553 g/mol. The number of nitrogens with one attached hydrogen (secondary N) is 2. The van der Waals surface area contributed by atoms with Gasteiger partial charge in [0.25, 0.3) is 5.91 Å². The lowest BCUT2D eigenvalue weighted by Crippen LogP contribution is -2.18. The minimum Gasteiger partial charge on any atom is -0.326 e. The van der Waals surface area contributed by atoms with Gasteiger partial charge in [0.15, 0.2) is 0 Å². The minimum absolute atomic E-state index is 0.169. The molecule has 1 aliphatic rings. The fourth-order valence-corrected chi connectivity index (χ4v) is 5.28. The number of benzene rings is 3. The van der Waals surface area contributed by atoms with Gasteiger partial charge in [0, 0.05) is 32.9 Å². The third kappa shape index (κ3) is 5.15. The first kappa shape index (κ1) is 24.7. The molecule has 1 fully saturated rings. The van der Waals surface area contributed by atoms with E-state index in [0.29, 0.717) is 32.5 Å². The Kier molecular flexibility index (Phi) is 7.05. The van der Waals surface area contributed by atoms with E-state index < -0.39 is 28.0 Å². The van der Waals surface area contributed by atoms with Gasteiger partial charge in [-0.3, -0.25) is 9.59 Å². The van der Waals surface area contributed by atoms with E-state index in [1.165, 1.54) is 12.1 Å². The second kappa shape index (κ2) is 9.70. The zero-order valence-electron chi connectivity index (χ0n) is 17.2. The highest BCUT2D eigenvalue weighted by Gasteiger charge is 2.67. The topological polar surface area (TPSA) is 58.2 Å². The summed E-state index contributed by atoms with van der Waals surface area (Å²) in [7, 11) is 0. The molecular formula is C25H15Cl5N2O2. The van der Waals surface area contributed by atoms with Gasteiger partial charge in [0.1, 0.15) is 4.33 Å². The molecule has 0 saturated heterocycles. The van der Waals surface area contributed by atoms with E-state index in [2.05, 4.69) is 16.6 Å². The van der Waals surface area contributed by atoms with Crippen LogP contribution in [0.1, 0.15) is 27.4 Å². The van der Waals surface area contributed by atoms with Gasteiger partial charge in [-0.2, -0.15) is 0 Å². The lowest BCUT2D eigenvalue weighted by molar-refractivity contribution is -0.117. The Hall–Kier alpha value is -2.39. The Bertz CT molecular complexity index is 1330. The van der Waals surface area contributed by atoms with Crippen LogP contribution in [-0.2, 0) is 4.79 Å². The van der Waals surface area contributed by atoms with Gasteiger partial charge in [0.05, 0.1) is 16.5 Å². The first-order valence-electron chi connectivity index (χ1n) is 9.92. The van der Waals surface area contributed by atoms with Gasteiger partial charge in [-0.15, -0.1) is 29.6 Å². The number of amides is 2. The Morgan fingerprint density at radius 2 is 1.56 bits per heavy atom. The Balaban J connectivity index is 1.51. The molecule has 0 aromatic heterocycles. The minimum atomic E-state index is -1.33. The third-order valence-electron chi connectivity index (χ3n) is 5.35. The van der Waals surface area contributed by atoms with Crippen LogP contribution in [0.2, 0.25) is 15.1 Å². The Labute approximate surface area is 221 Å². The number of anilines is 2. The second-order valence-corrected chi connectivity index (χ2v) is 10.4. The fraction of sp³-hybridized carbons (Fsp3) is 0.120. The molecule has 2 unspecified atom stereocenters. The first-order valence-corrected chi connectivity index (χ1v) is 11.8. The summed E-state index contributed by atoms with van der Waals surface area (Å²) in [5.74, 6) is 0.389. The summed E-state index contributed by atoms with van der Waals surface area (Å²) < 4.78 is -1.33. The third-order valence-corrected chi connectivity index (χ3v) is 7.05. The Morgan fingerprint density at radius 1 is 0.882 bits per heavy atom. The molecule has 9 heteroatoms. The molecule has 0 aliphatic heterocycles. The van der Waals surface area contributed by atoms with Gasteiger partial charge >= 0.3 is 0 Å². The van der Waals surface area contributed by atoms with E-state index in [4.69, 9.17) is 64.4 Å². The van der Waals surface area contributed by atoms with E-state index in [-0.39, 0.29) is 10.6 Å². The molecule has 0 heterocycles. The molecule has 2 amide bonds. The lowest BCUT2D eigenvalue weighted by Gasteiger charge is -2.10.